The van der Waals surface area contributed by atoms with Crippen LogP contribution in [0.25, 0.3) is 0 Å². The fraction of sp³-hybridized carbons (Fsp3) is 0.462. The normalized spacial score (nSPS) is 12.2. The number of hydrogen-bond acceptors (Lipinski definition) is 5. The van der Waals surface area contributed by atoms with Gasteiger partial charge in [-0.25, -0.2) is 13.1 Å². The minimum Gasteiger partial charge on any atom is -0.394 e. The van der Waals surface area contributed by atoms with E-state index >= 15 is 0 Å². The molecule has 0 aliphatic carbocycles. The van der Waals surface area contributed by atoms with Gasteiger partial charge in [0.1, 0.15) is 0 Å². The molecule has 1 rings (SSSR count). The minimum atomic E-state index is -3.85. The number of amides is 1. The number of benzene rings is 1. The van der Waals surface area contributed by atoms with E-state index in [1.165, 1.54) is 26.0 Å². The monoisotopic (exact) mass is 316 g/mol. The highest BCUT2D eigenvalue weighted by atomic mass is 32.2. The Morgan fingerprint density at radius 2 is 1.71 bits per heavy atom. The molecular formula is C13H20N2O5S. The molecule has 0 fully saturated rings. The van der Waals surface area contributed by atoms with E-state index in [1.807, 2.05) is 0 Å². The lowest BCUT2D eigenvalue weighted by atomic mass is 10.1. The van der Waals surface area contributed by atoms with Crippen molar-refractivity contribution in [2.75, 3.05) is 13.2 Å². The van der Waals surface area contributed by atoms with Crippen LogP contribution in [0.5, 0.6) is 0 Å². The van der Waals surface area contributed by atoms with Crippen LogP contribution >= 0.6 is 0 Å². The van der Waals surface area contributed by atoms with Crippen LogP contribution in [-0.4, -0.2) is 43.3 Å². The second-order valence-electron chi connectivity index (χ2n) is 5.04. The first-order chi connectivity index (χ1) is 9.72. The summed E-state index contributed by atoms with van der Waals surface area (Å²) in [6.07, 6.45) is 0. The molecule has 0 aliphatic rings. The predicted octanol–water partition coefficient (Wildman–Crippen LogP) is -0.656. The van der Waals surface area contributed by atoms with Crippen LogP contribution in [0.15, 0.2) is 29.2 Å². The van der Waals surface area contributed by atoms with Crippen molar-refractivity contribution in [2.45, 2.75) is 30.8 Å². The molecule has 0 saturated carbocycles. The molecule has 118 valence electrons. The predicted molar refractivity (Wildman–Crippen MR) is 76.9 cm³/mol. The topological polar surface area (TPSA) is 116 Å². The molecule has 0 unspecified atom stereocenters. The van der Waals surface area contributed by atoms with Gasteiger partial charge in [0.25, 0.3) is 0 Å². The molecule has 0 heterocycles. The molecule has 0 spiro atoms. The van der Waals surface area contributed by atoms with Crippen LogP contribution in [0.3, 0.4) is 0 Å². The van der Waals surface area contributed by atoms with Crippen molar-refractivity contribution in [3.05, 3.63) is 29.8 Å². The number of carbonyl (C=O) groups excluding carboxylic acids is 1. The van der Waals surface area contributed by atoms with Gasteiger partial charge in [-0.15, -0.1) is 0 Å². The Bertz CT molecular complexity index is 579. The fourth-order valence-corrected chi connectivity index (χ4v) is 2.90. The molecule has 0 saturated heterocycles. The summed E-state index contributed by atoms with van der Waals surface area (Å²) in [6, 6.07) is 5.96. The van der Waals surface area contributed by atoms with Crippen molar-refractivity contribution in [1.29, 1.82) is 0 Å². The van der Waals surface area contributed by atoms with E-state index in [-0.39, 0.29) is 10.8 Å². The van der Waals surface area contributed by atoms with E-state index in [4.69, 9.17) is 10.2 Å². The standard InChI is InChI=1S/C13H20N2O5S/c1-10(18)14-7-11-3-5-12(6-4-11)21(19,20)15-13(2,8-16)9-17/h3-6,15-17H,7-9H2,1-2H3,(H,14,18). The zero-order valence-electron chi connectivity index (χ0n) is 12.0. The lowest BCUT2D eigenvalue weighted by Gasteiger charge is -2.25. The summed E-state index contributed by atoms with van der Waals surface area (Å²) < 4.78 is 26.5. The van der Waals surface area contributed by atoms with Gasteiger partial charge in [-0.2, -0.15) is 0 Å². The fourth-order valence-electron chi connectivity index (χ4n) is 1.51. The molecule has 1 aromatic rings. The van der Waals surface area contributed by atoms with E-state index in [2.05, 4.69) is 10.0 Å². The summed E-state index contributed by atoms with van der Waals surface area (Å²) in [6.45, 7) is 2.06. The maximum absolute atomic E-state index is 12.1. The number of hydrogen-bond donors (Lipinski definition) is 4. The molecule has 1 aromatic carbocycles. The molecule has 7 nitrogen and oxygen atoms in total. The van der Waals surface area contributed by atoms with Gasteiger partial charge in [-0.05, 0) is 24.6 Å². The van der Waals surface area contributed by atoms with Crippen molar-refractivity contribution in [2.24, 2.45) is 0 Å². The van der Waals surface area contributed by atoms with Crippen LogP contribution in [-0.2, 0) is 21.4 Å². The number of carbonyl (C=O) groups is 1. The highest BCUT2D eigenvalue weighted by Gasteiger charge is 2.29. The van der Waals surface area contributed by atoms with Gasteiger partial charge in [-0.1, -0.05) is 12.1 Å². The Balaban J connectivity index is 2.87. The van der Waals surface area contributed by atoms with Gasteiger partial charge in [0.15, 0.2) is 0 Å². The van der Waals surface area contributed by atoms with E-state index in [0.29, 0.717) is 6.54 Å². The number of nitrogens with one attached hydrogen (secondary N) is 2. The zero-order chi connectivity index (χ0) is 16.1. The Morgan fingerprint density at radius 3 is 2.14 bits per heavy atom. The van der Waals surface area contributed by atoms with Crippen LogP contribution in [0, 0.1) is 0 Å². The van der Waals surface area contributed by atoms with Gasteiger partial charge in [0, 0.05) is 13.5 Å². The van der Waals surface area contributed by atoms with Crippen molar-refractivity contribution in [3.63, 3.8) is 0 Å². The SMILES string of the molecule is CC(=O)NCc1ccc(S(=O)(=O)NC(C)(CO)CO)cc1. The molecular weight excluding hydrogens is 296 g/mol. The molecule has 0 aromatic heterocycles. The number of aliphatic hydroxyl groups excluding tert-OH is 2. The average Bonchev–Trinajstić information content (AvgIpc) is 2.45. The lowest BCUT2D eigenvalue weighted by Crippen LogP contribution is -2.51. The quantitative estimate of drug-likeness (QED) is 0.533. The third kappa shape index (κ3) is 5.09. The average molecular weight is 316 g/mol. The van der Waals surface area contributed by atoms with Gasteiger partial charge >= 0.3 is 0 Å². The van der Waals surface area contributed by atoms with Gasteiger partial charge in [0.05, 0.1) is 23.6 Å². The maximum Gasteiger partial charge on any atom is 0.241 e. The molecule has 0 aliphatic heterocycles. The first-order valence-electron chi connectivity index (χ1n) is 6.31. The summed E-state index contributed by atoms with van der Waals surface area (Å²) in [5, 5.41) is 20.9. The summed E-state index contributed by atoms with van der Waals surface area (Å²) in [4.78, 5) is 10.8. The van der Waals surface area contributed by atoms with E-state index in [0.717, 1.165) is 5.56 Å². The van der Waals surface area contributed by atoms with Gasteiger partial charge in [-0.3, -0.25) is 4.79 Å². The van der Waals surface area contributed by atoms with Crippen LogP contribution < -0.4 is 10.0 Å². The first-order valence-corrected chi connectivity index (χ1v) is 7.80. The van der Waals surface area contributed by atoms with Crippen LogP contribution in [0.2, 0.25) is 0 Å². The molecule has 0 radical (unpaired) electrons. The minimum absolute atomic E-state index is 0.0159. The zero-order valence-corrected chi connectivity index (χ0v) is 12.8. The maximum atomic E-state index is 12.1. The smallest absolute Gasteiger partial charge is 0.241 e. The number of rotatable bonds is 7. The molecule has 1 amide bonds. The van der Waals surface area contributed by atoms with Crippen LogP contribution in [0.1, 0.15) is 19.4 Å². The Morgan fingerprint density at radius 1 is 1.19 bits per heavy atom. The summed E-state index contributed by atoms with van der Waals surface area (Å²) >= 11 is 0. The molecule has 0 bridgehead atoms. The summed E-state index contributed by atoms with van der Waals surface area (Å²) in [5.74, 6) is -0.171. The largest absolute Gasteiger partial charge is 0.394 e. The highest BCUT2D eigenvalue weighted by Crippen LogP contribution is 2.14. The van der Waals surface area contributed by atoms with Crippen molar-refractivity contribution >= 4 is 15.9 Å². The van der Waals surface area contributed by atoms with Crippen molar-refractivity contribution in [3.8, 4) is 0 Å². The Labute approximate surface area is 124 Å². The summed E-state index contributed by atoms with van der Waals surface area (Å²) in [5.41, 5.74) is -0.565. The summed E-state index contributed by atoms with van der Waals surface area (Å²) in [7, 11) is -3.85. The first kappa shape index (κ1) is 17.6. The number of sulfonamides is 1. The molecule has 8 heteroatoms. The van der Waals surface area contributed by atoms with Gasteiger partial charge in [0.2, 0.25) is 15.9 Å². The molecule has 4 N–H and O–H groups in total. The second kappa shape index (κ2) is 6.99. The van der Waals surface area contributed by atoms with Crippen molar-refractivity contribution < 1.29 is 23.4 Å². The van der Waals surface area contributed by atoms with Crippen molar-refractivity contribution in [1.82, 2.24) is 10.0 Å². The molecule has 0 atom stereocenters. The number of aliphatic hydroxyl groups is 2. The Hall–Kier alpha value is -1.48. The van der Waals surface area contributed by atoms with Gasteiger partial charge < -0.3 is 15.5 Å². The second-order valence-corrected chi connectivity index (χ2v) is 6.72. The third-order valence-corrected chi connectivity index (χ3v) is 4.51. The Kier molecular flexibility index (Phi) is 5.85. The highest BCUT2D eigenvalue weighted by molar-refractivity contribution is 7.89. The van der Waals surface area contributed by atoms with E-state index < -0.39 is 28.8 Å². The lowest BCUT2D eigenvalue weighted by molar-refractivity contribution is -0.119. The van der Waals surface area contributed by atoms with Crippen LogP contribution in [0.4, 0.5) is 0 Å². The molecule has 21 heavy (non-hydrogen) atoms. The van der Waals surface area contributed by atoms with E-state index in [9.17, 15) is 13.2 Å². The van der Waals surface area contributed by atoms with E-state index in [1.54, 1.807) is 12.1 Å². The third-order valence-electron chi connectivity index (χ3n) is 2.85.